The molecule has 2 heterocycles. The van der Waals surface area contributed by atoms with Gasteiger partial charge in [0.25, 0.3) is 5.56 Å². The monoisotopic (exact) mass is 509 g/mol. The number of rotatable bonds is 6. The molecule has 9 nitrogen and oxygen atoms in total. The average molecular weight is 510 g/mol. The zero-order valence-electron chi connectivity index (χ0n) is 22.4. The van der Waals surface area contributed by atoms with Crippen LogP contribution in [-0.2, 0) is 8.85 Å². The molecule has 2 aromatic heterocycles. The van der Waals surface area contributed by atoms with Crippen molar-refractivity contribution in [2.24, 2.45) is 5.92 Å². The Morgan fingerprint density at radius 2 is 1.62 bits per heavy atom. The maximum Gasteiger partial charge on any atom is 0.280 e. The number of nitrogens with two attached hydrogens (primary N) is 1. The van der Waals surface area contributed by atoms with Crippen LogP contribution in [0.4, 0.5) is 5.95 Å². The molecule has 0 aromatic carbocycles. The topological polar surface area (TPSA) is 128 Å². The molecule has 0 radical (unpaired) electrons. The molecule has 192 valence electrons. The van der Waals surface area contributed by atoms with Gasteiger partial charge in [0.2, 0.25) is 5.95 Å². The lowest BCUT2D eigenvalue weighted by Crippen LogP contribution is -2.53. The van der Waals surface area contributed by atoms with E-state index >= 15 is 0 Å². The number of imidazole rings is 1. The minimum atomic E-state index is -2.21. The van der Waals surface area contributed by atoms with E-state index in [9.17, 15) is 9.90 Å². The predicted molar refractivity (Wildman–Crippen MR) is 141 cm³/mol. The molecule has 0 unspecified atom stereocenters. The summed E-state index contributed by atoms with van der Waals surface area (Å²) in [6.07, 6.45) is 1.69. The summed E-state index contributed by atoms with van der Waals surface area (Å²) in [6.45, 7) is 22.2. The van der Waals surface area contributed by atoms with Crippen molar-refractivity contribution in [1.82, 2.24) is 19.5 Å². The second-order valence-corrected chi connectivity index (χ2v) is 22.2. The number of fused-ring (bicyclic) bond motifs is 1. The van der Waals surface area contributed by atoms with E-state index in [1.165, 1.54) is 0 Å². The van der Waals surface area contributed by atoms with Crippen LogP contribution in [0.1, 0.15) is 54.0 Å². The van der Waals surface area contributed by atoms with E-state index in [2.05, 4.69) is 82.7 Å². The van der Waals surface area contributed by atoms with Crippen LogP contribution in [0.3, 0.4) is 0 Å². The van der Waals surface area contributed by atoms with Gasteiger partial charge in [-0.25, -0.2) is 4.98 Å². The molecule has 0 bridgehead atoms. The fourth-order valence-electron chi connectivity index (χ4n) is 4.04. The summed E-state index contributed by atoms with van der Waals surface area (Å²) in [5, 5.41) is 10.4. The van der Waals surface area contributed by atoms with Crippen molar-refractivity contribution in [3.63, 3.8) is 0 Å². The van der Waals surface area contributed by atoms with Gasteiger partial charge in [0.05, 0.1) is 24.6 Å². The maximum absolute atomic E-state index is 12.4. The van der Waals surface area contributed by atoms with Gasteiger partial charge in [0, 0.05) is 12.5 Å². The first-order valence-electron chi connectivity index (χ1n) is 12.1. The van der Waals surface area contributed by atoms with Crippen molar-refractivity contribution >= 4 is 33.7 Å². The minimum absolute atomic E-state index is 0.00404. The molecule has 34 heavy (non-hydrogen) atoms. The van der Waals surface area contributed by atoms with Gasteiger partial charge in [-0.3, -0.25) is 9.78 Å². The van der Waals surface area contributed by atoms with Crippen molar-refractivity contribution in [2.45, 2.75) is 102 Å². The SMILES string of the molecule is CC(C)(C)[Si](C)(C)O[C@@H]1[C@@H](CO)C[C@@H](n2cnc3c(=O)[nH]c(N)nc32)[C@@H]1O[Si](C)(C)C(C)(C)C. The summed E-state index contributed by atoms with van der Waals surface area (Å²) >= 11 is 0. The zero-order valence-corrected chi connectivity index (χ0v) is 24.4. The highest BCUT2D eigenvalue weighted by atomic mass is 28.4. The molecule has 0 saturated heterocycles. The van der Waals surface area contributed by atoms with Gasteiger partial charge in [-0.05, 0) is 42.7 Å². The predicted octanol–water partition coefficient (Wildman–Crippen LogP) is 4.04. The third-order valence-corrected chi connectivity index (χ3v) is 17.2. The summed E-state index contributed by atoms with van der Waals surface area (Å²) in [7, 11) is -4.38. The molecule has 0 spiro atoms. The van der Waals surface area contributed by atoms with Crippen molar-refractivity contribution in [3.05, 3.63) is 16.7 Å². The lowest BCUT2D eigenvalue weighted by molar-refractivity contribution is 0.0110. The number of H-pyrrole nitrogens is 1. The van der Waals surface area contributed by atoms with Crippen LogP contribution in [0.2, 0.25) is 36.3 Å². The molecule has 1 aliphatic rings. The van der Waals surface area contributed by atoms with E-state index in [1.54, 1.807) is 6.33 Å². The number of aliphatic hydroxyl groups is 1. The molecule has 4 N–H and O–H groups in total. The summed E-state index contributed by atoms with van der Waals surface area (Å²) in [5.41, 5.74) is 6.17. The van der Waals surface area contributed by atoms with E-state index in [4.69, 9.17) is 14.6 Å². The molecular formula is C23H43N5O4Si2. The first kappa shape index (κ1) is 27.1. The Morgan fingerprint density at radius 1 is 1.09 bits per heavy atom. The van der Waals surface area contributed by atoms with Crippen LogP contribution in [0.15, 0.2) is 11.1 Å². The Bertz CT molecular complexity index is 1080. The highest BCUT2D eigenvalue weighted by Gasteiger charge is 2.53. The molecule has 3 rings (SSSR count). The van der Waals surface area contributed by atoms with Gasteiger partial charge < -0.3 is 24.3 Å². The van der Waals surface area contributed by atoms with Crippen LogP contribution in [0.25, 0.3) is 11.2 Å². The highest BCUT2D eigenvalue weighted by Crippen LogP contribution is 2.48. The second kappa shape index (κ2) is 8.84. The fraction of sp³-hybridized carbons (Fsp3) is 0.783. The van der Waals surface area contributed by atoms with Gasteiger partial charge in [-0.1, -0.05) is 41.5 Å². The molecular weight excluding hydrogens is 466 g/mol. The highest BCUT2D eigenvalue weighted by molar-refractivity contribution is 6.74. The van der Waals surface area contributed by atoms with E-state index in [1.807, 2.05) is 4.57 Å². The number of hydrogen-bond donors (Lipinski definition) is 3. The van der Waals surface area contributed by atoms with E-state index in [0.717, 1.165) is 0 Å². The van der Waals surface area contributed by atoms with Gasteiger partial charge >= 0.3 is 0 Å². The molecule has 1 fully saturated rings. The first-order valence-corrected chi connectivity index (χ1v) is 17.9. The minimum Gasteiger partial charge on any atom is -0.411 e. The molecule has 2 aromatic rings. The fourth-order valence-corrected chi connectivity index (χ4v) is 6.73. The molecule has 1 saturated carbocycles. The quantitative estimate of drug-likeness (QED) is 0.501. The number of nitrogens with zero attached hydrogens (tertiary/aromatic N) is 3. The van der Waals surface area contributed by atoms with Gasteiger partial charge in [0.15, 0.2) is 27.8 Å². The third-order valence-electron chi connectivity index (χ3n) is 8.23. The number of aliphatic hydroxyl groups excluding tert-OH is 1. The second-order valence-electron chi connectivity index (χ2n) is 12.7. The van der Waals surface area contributed by atoms with Crippen LogP contribution < -0.4 is 11.3 Å². The summed E-state index contributed by atoms with van der Waals surface area (Å²) < 4.78 is 15.9. The van der Waals surface area contributed by atoms with E-state index in [0.29, 0.717) is 12.1 Å². The van der Waals surface area contributed by atoms with Gasteiger partial charge in [0.1, 0.15) is 0 Å². The number of aromatic amines is 1. The van der Waals surface area contributed by atoms with Crippen molar-refractivity contribution < 1.29 is 14.0 Å². The maximum atomic E-state index is 12.4. The molecule has 4 atom stereocenters. The molecule has 0 aliphatic heterocycles. The summed E-state index contributed by atoms with van der Waals surface area (Å²) in [6, 6.07) is -0.195. The van der Waals surface area contributed by atoms with E-state index in [-0.39, 0.29) is 57.9 Å². The Morgan fingerprint density at radius 3 is 2.12 bits per heavy atom. The number of hydrogen-bond acceptors (Lipinski definition) is 7. The van der Waals surface area contributed by atoms with Crippen molar-refractivity contribution in [2.75, 3.05) is 12.3 Å². The summed E-state index contributed by atoms with van der Waals surface area (Å²) in [5.74, 6) is -0.0578. The Balaban J connectivity index is 2.14. The van der Waals surface area contributed by atoms with Crippen LogP contribution in [-0.4, -0.2) is 60.1 Å². The lowest BCUT2D eigenvalue weighted by Gasteiger charge is -2.45. The Kier molecular flexibility index (Phi) is 7.04. The average Bonchev–Trinajstić information content (AvgIpc) is 3.21. The molecule has 11 heteroatoms. The first-order chi connectivity index (χ1) is 15.4. The van der Waals surface area contributed by atoms with Crippen LogP contribution in [0, 0.1) is 5.92 Å². The van der Waals surface area contributed by atoms with Crippen molar-refractivity contribution in [3.8, 4) is 0 Å². The Labute approximate surface area is 204 Å². The number of aromatic nitrogens is 4. The van der Waals surface area contributed by atoms with Gasteiger partial charge in [-0.2, -0.15) is 4.98 Å². The van der Waals surface area contributed by atoms with Crippen LogP contribution in [0.5, 0.6) is 0 Å². The number of anilines is 1. The molecule has 1 aliphatic carbocycles. The lowest BCUT2D eigenvalue weighted by atomic mass is 10.1. The van der Waals surface area contributed by atoms with Gasteiger partial charge in [-0.15, -0.1) is 0 Å². The van der Waals surface area contributed by atoms with Crippen LogP contribution >= 0.6 is 0 Å². The summed E-state index contributed by atoms with van der Waals surface area (Å²) in [4.78, 5) is 23.7. The van der Waals surface area contributed by atoms with E-state index < -0.39 is 16.6 Å². The largest absolute Gasteiger partial charge is 0.411 e. The normalized spacial score (nSPS) is 24.8. The number of nitrogen functional groups attached to an aromatic ring is 1. The Hall–Kier alpha value is -1.54. The third kappa shape index (κ3) is 4.90. The number of nitrogens with one attached hydrogen (secondary N) is 1. The standard InChI is InChI=1S/C23H43N5O4Si2/c1-22(2,3)33(7,8)31-17-14(12-29)11-15(18(17)32-34(9,10)23(4,5)6)28-13-25-16-19(28)26-21(24)27-20(16)30/h13-15,17-18,29H,11-12H2,1-10H3,(H3,24,26,27,30)/t14-,15-,17-,18+/m1/s1. The molecule has 0 amide bonds. The van der Waals surface area contributed by atoms with Crippen molar-refractivity contribution in [1.29, 1.82) is 0 Å². The zero-order chi connectivity index (χ0) is 25.9. The smallest absolute Gasteiger partial charge is 0.280 e.